The highest BCUT2D eigenvalue weighted by Crippen LogP contribution is 2.19. The van der Waals surface area contributed by atoms with Gasteiger partial charge in [0, 0.05) is 24.4 Å². The third-order valence-corrected chi connectivity index (χ3v) is 5.28. The van der Waals surface area contributed by atoms with Gasteiger partial charge in [-0.15, -0.1) is 0 Å². The molecule has 1 aromatic carbocycles. The summed E-state index contributed by atoms with van der Waals surface area (Å²) in [5.74, 6) is 0.243. The molecule has 0 bridgehead atoms. The Morgan fingerprint density at radius 1 is 1.05 bits per heavy atom. The van der Waals surface area contributed by atoms with Gasteiger partial charge >= 0.3 is 0 Å². The van der Waals surface area contributed by atoms with Crippen molar-refractivity contribution in [1.82, 2.24) is 5.32 Å². The summed E-state index contributed by atoms with van der Waals surface area (Å²) in [6, 6.07) is 8.93. The van der Waals surface area contributed by atoms with Gasteiger partial charge in [-0.3, -0.25) is 4.79 Å². The molecular weight excluding hydrogens is 272 g/mol. The van der Waals surface area contributed by atoms with E-state index in [-0.39, 0.29) is 11.9 Å². The zero-order chi connectivity index (χ0) is 15.4. The van der Waals surface area contributed by atoms with Crippen molar-refractivity contribution in [2.75, 3.05) is 13.1 Å². The van der Waals surface area contributed by atoms with Crippen LogP contribution >= 0.6 is 0 Å². The maximum absolute atomic E-state index is 13.0. The van der Waals surface area contributed by atoms with E-state index < -0.39 is 0 Å². The van der Waals surface area contributed by atoms with Gasteiger partial charge in [-0.05, 0) is 19.8 Å². The molecule has 1 aromatic rings. The smallest absolute Gasteiger partial charge is 0.283 e. The van der Waals surface area contributed by atoms with Crippen LogP contribution in [0.25, 0.3) is 0 Å². The molecular formula is C19H29N2O+. The average Bonchev–Trinajstić information content (AvgIpc) is 3.04. The maximum Gasteiger partial charge on any atom is 0.283 e. The van der Waals surface area contributed by atoms with Crippen molar-refractivity contribution in [3.63, 3.8) is 0 Å². The largest absolute Gasteiger partial charge is 0.348 e. The molecule has 0 aromatic heterocycles. The molecule has 1 aliphatic carbocycles. The highest BCUT2D eigenvalue weighted by atomic mass is 16.2. The van der Waals surface area contributed by atoms with Gasteiger partial charge in [0.05, 0.1) is 13.1 Å². The first-order chi connectivity index (χ1) is 10.7. The fourth-order valence-corrected chi connectivity index (χ4v) is 3.98. The van der Waals surface area contributed by atoms with Crippen LogP contribution in [0.3, 0.4) is 0 Å². The number of aryl methyl sites for hydroxylation is 1. The van der Waals surface area contributed by atoms with Crippen molar-refractivity contribution in [1.29, 1.82) is 0 Å². The molecule has 2 fully saturated rings. The summed E-state index contributed by atoms with van der Waals surface area (Å²) in [5, 5.41) is 3.35. The molecule has 1 saturated carbocycles. The van der Waals surface area contributed by atoms with Crippen LogP contribution in [-0.2, 0) is 4.79 Å². The molecule has 22 heavy (non-hydrogen) atoms. The normalized spacial score (nSPS) is 21.7. The number of hydrogen-bond acceptors (Lipinski definition) is 1. The third-order valence-electron chi connectivity index (χ3n) is 5.28. The minimum atomic E-state index is -0.0231. The van der Waals surface area contributed by atoms with Crippen LogP contribution < -0.4 is 10.2 Å². The van der Waals surface area contributed by atoms with E-state index in [1.165, 1.54) is 48.1 Å². The van der Waals surface area contributed by atoms with Gasteiger partial charge < -0.3 is 10.2 Å². The molecule has 3 rings (SSSR count). The Hall–Kier alpha value is -1.35. The molecule has 0 radical (unpaired) electrons. The van der Waals surface area contributed by atoms with E-state index >= 15 is 0 Å². The summed E-state index contributed by atoms with van der Waals surface area (Å²) in [7, 11) is 0. The highest BCUT2D eigenvalue weighted by Gasteiger charge is 2.34. The lowest BCUT2D eigenvalue weighted by Crippen LogP contribution is -3.11. The second kappa shape index (κ2) is 7.28. The van der Waals surface area contributed by atoms with Gasteiger partial charge in [-0.25, -0.2) is 0 Å². The first-order valence-corrected chi connectivity index (χ1v) is 8.95. The Bertz CT molecular complexity index is 485. The fourth-order valence-electron chi connectivity index (χ4n) is 3.98. The van der Waals surface area contributed by atoms with E-state index in [9.17, 15) is 4.79 Å². The standard InChI is InChI=1S/C19H28N2O/c1-15-9-11-16(12-10-15)18(21-13-5-6-14-21)19(22)20-17-7-3-2-4-8-17/h9-12,17-18H,2-8,13-14H2,1H3,(H,20,22)/p+1. The molecule has 120 valence electrons. The molecule has 1 atom stereocenters. The quantitative estimate of drug-likeness (QED) is 0.878. The van der Waals surface area contributed by atoms with Gasteiger partial charge in [0.2, 0.25) is 0 Å². The van der Waals surface area contributed by atoms with Gasteiger partial charge in [0.15, 0.2) is 6.04 Å². The number of hydrogen-bond donors (Lipinski definition) is 2. The number of likely N-dealkylation sites (tertiary alicyclic amines) is 1. The third kappa shape index (κ3) is 3.70. The van der Waals surface area contributed by atoms with E-state index in [1.807, 2.05) is 0 Å². The number of carbonyl (C=O) groups is 1. The number of rotatable bonds is 4. The lowest BCUT2D eigenvalue weighted by molar-refractivity contribution is -0.909. The molecule has 1 aliphatic heterocycles. The highest BCUT2D eigenvalue weighted by molar-refractivity contribution is 5.82. The van der Waals surface area contributed by atoms with E-state index in [0.717, 1.165) is 25.9 Å². The molecule has 1 saturated heterocycles. The number of benzene rings is 1. The summed E-state index contributed by atoms with van der Waals surface area (Å²) in [4.78, 5) is 14.4. The number of nitrogens with one attached hydrogen (secondary N) is 2. The lowest BCUT2D eigenvalue weighted by Gasteiger charge is -2.28. The van der Waals surface area contributed by atoms with E-state index in [4.69, 9.17) is 0 Å². The van der Waals surface area contributed by atoms with Crippen LogP contribution in [-0.4, -0.2) is 25.0 Å². The Morgan fingerprint density at radius 2 is 1.68 bits per heavy atom. The minimum Gasteiger partial charge on any atom is -0.348 e. The van der Waals surface area contributed by atoms with Crippen LogP contribution in [0.4, 0.5) is 0 Å². The van der Waals surface area contributed by atoms with Crippen molar-refractivity contribution in [2.45, 2.75) is 64.0 Å². The number of carbonyl (C=O) groups excluding carboxylic acids is 1. The van der Waals surface area contributed by atoms with Gasteiger partial charge in [-0.2, -0.15) is 0 Å². The van der Waals surface area contributed by atoms with Gasteiger partial charge in [-0.1, -0.05) is 49.1 Å². The predicted octanol–water partition coefficient (Wildman–Crippen LogP) is 2.16. The molecule has 3 heteroatoms. The molecule has 1 amide bonds. The molecule has 3 nitrogen and oxygen atoms in total. The SMILES string of the molecule is Cc1ccc(C(C(=O)NC2CCCCC2)[NH+]2CCCC2)cc1. The predicted molar refractivity (Wildman–Crippen MR) is 88.9 cm³/mol. The van der Waals surface area contributed by atoms with Crippen LogP contribution in [0.15, 0.2) is 24.3 Å². The van der Waals surface area contributed by atoms with Crippen molar-refractivity contribution < 1.29 is 9.69 Å². The summed E-state index contributed by atoms with van der Waals surface area (Å²) < 4.78 is 0. The topological polar surface area (TPSA) is 33.5 Å². The molecule has 1 heterocycles. The first-order valence-electron chi connectivity index (χ1n) is 8.95. The van der Waals surface area contributed by atoms with E-state index in [2.05, 4.69) is 36.5 Å². The maximum atomic E-state index is 13.0. The fraction of sp³-hybridized carbons (Fsp3) is 0.632. The Kier molecular flexibility index (Phi) is 5.14. The zero-order valence-electron chi connectivity index (χ0n) is 13.7. The van der Waals surface area contributed by atoms with Gasteiger partial charge in [0.25, 0.3) is 5.91 Å². The number of amides is 1. The molecule has 0 spiro atoms. The Labute approximate surface area is 134 Å². The van der Waals surface area contributed by atoms with Crippen molar-refractivity contribution >= 4 is 5.91 Å². The van der Waals surface area contributed by atoms with Crippen LogP contribution in [0.1, 0.15) is 62.1 Å². The van der Waals surface area contributed by atoms with Crippen LogP contribution in [0, 0.1) is 6.92 Å². The monoisotopic (exact) mass is 301 g/mol. The minimum absolute atomic E-state index is 0.0231. The summed E-state index contributed by atoms with van der Waals surface area (Å²) in [6.45, 7) is 4.34. The van der Waals surface area contributed by atoms with E-state index in [0.29, 0.717) is 6.04 Å². The summed E-state index contributed by atoms with van der Waals surface area (Å²) in [6.07, 6.45) is 8.64. The number of quaternary nitrogens is 1. The summed E-state index contributed by atoms with van der Waals surface area (Å²) >= 11 is 0. The second-order valence-corrected chi connectivity index (χ2v) is 7.05. The van der Waals surface area contributed by atoms with Crippen molar-refractivity contribution in [3.05, 3.63) is 35.4 Å². The molecule has 2 aliphatic rings. The van der Waals surface area contributed by atoms with Crippen molar-refractivity contribution in [3.8, 4) is 0 Å². The summed E-state index contributed by atoms with van der Waals surface area (Å²) in [5.41, 5.74) is 2.43. The zero-order valence-corrected chi connectivity index (χ0v) is 13.7. The van der Waals surface area contributed by atoms with E-state index in [1.54, 1.807) is 0 Å². The lowest BCUT2D eigenvalue weighted by atomic mass is 9.94. The average molecular weight is 301 g/mol. The second-order valence-electron chi connectivity index (χ2n) is 7.05. The first kappa shape index (κ1) is 15.5. The Morgan fingerprint density at radius 3 is 2.32 bits per heavy atom. The van der Waals surface area contributed by atoms with Crippen LogP contribution in [0.5, 0.6) is 0 Å². The van der Waals surface area contributed by atoms with Crippen LogP contribution in [0.2, 0.25) is 0 Å². The van der Waals surface area contributed by atoms with Gasteiger partial charge in [0.1, 0.15) is 0 Å². The Balaban J connectivity index is 1.74. The molecule has 1 unspecified atom stereocenters. The molecule has 2 N–H and O–H groups in total. The van der Waals surface area contributed by atoms with Crippen molar-refractivity contribution in [2.24, 2.45) is 0 Å².